The minimum atomic E-state index is 0.137. The Kier molecular flexibility index (Phi) is 3.23. The highest BCUT2D eigenvalue weighted by Crippen LogP contribution is 2.18. The van der Waals surface area contributed by atoms with Crippen LogP contribution in [0, 0.1) is 0 Å². The van der Waals surface area contributed by atoms with Crippen LogP contribution in [-0.4, -0.2) is 33.9 Å². The molecule has 0 aliphatic carbocycles. The molecule has 1 N–H and O–H groups in total. The Labute approximate surface area is 112 Å². The number of carbonyl (C=O) groups excluding carboxylic acids is 1. The van der Waals surface area contributed by atoms with E-state index in [-0.39, 0.29) is 5.91 Å². The van der Waals surface area contributed by atoms with Crippen LogP contribution in [0.3, 0.4) is 0 Å². The van der Waals surface area contributed by atoms with Crippen LogP contribution in [0.4, 0.5) is 0 Å². The zero-order chi connectivity index (χ0) is 13.2. The van der Waals surface area contributed by atoms with Crippen molar-refractivity contribution >= 4 is 16.9 Å². The van der Waals surface area contributed by atoms with Crippen LogP contribution in [0.15, 0.2) is 18.2 Å². The van der Waals surface area contributed by atoms with Crippen LogP contribution in [0.2, 0.25) is 0 Å². The number of rotatable bonds is 4. The summed E-state index contributed by atoms with van der Waals surface area (Å²) in [6.45, 7) is 3.95. The first-order chi connectivity index (χ1) is 9.28. The topological polar surface area (TPSA) is 49.0 Å². The standard InChI is InChI=1S/C15H19N3O/c1-2-3-5-14-16-12-7-6-11(10-13(12)17-14)15(19)18-8-4-9-18/h6-7,10H,2-5,8-9H2,1H3,(H,16,17). The molecule has 0 saturated carbocycles. The van der Waals surface area contributed by atoms with Crippen LogP contribution < -0.4 is 0 Å². The van der Waals surface area contributed by atoms with Crippen molar-refractivity contribution in [2.45, 2.75) is 32.6 Å². The number of fused-ring (bicyclic) bond motifs is 1. The van der Waals surface area contributed by atoms with Gasteiger partial charge in [0.2, 0.25) is 0 Å². The summed E-state index contributed by atoms with van der Waals surface area (Å²) < 4.78 is 0. The number of aromatic amines is 1. The molecule has 0 unspecified atom stereocenters. The van der Waals surface area contributed by atoms with E-state index in [4.69, 9.17) is 0 Å². The summed E-state index contributed by atoms with van der Waals surface area (Å²) in [5, 5.41) is 0. The molecule has 0 bridgehead atoms. The summed E-state index contributed by atoms with van der Waals surface area (Å²) in [4.78, 5) is 21.9. The Bertz CT molecular complexity index is 598. The van der Waals surface area contributed by atoms with Crippen LogP contribution >= 0.6 is 0 Å². The predicted octanol–water partition coefficient (Wildman–Crippen LogP) is 2.75. The fraction of sp³-hybridized carbons (Fsp3) is 0.467. The summed E-state index contributed by atoms with van der Waals surface area (Å²) in [7, 11) is 0. The largest absolute Gasteiger partial charge is 0.342 e. The number of nitrogens with zero attached hydrogens (tertiary/aromatic N) is 2. The van der Waals surface area contributed by atoms with Crippen LogP contribution in [0.5, 0.6) is 0 Å². The van der Waals surface area contributed by atoms with Crippen LogP contribution in [0.1, 0.15) is 42.4 Å². The number of amides is 1. The average molecular weight is 257 g/mol. The van der Waals surface area contributed by atoms with Crippen molar-refractivity contribution in [2.24, 2.45) is 0 Å². The molecule has 100 valence electrons. The maximum Gasteiger partial charge on any atom is 0.253 e. The Hall–Kier alpha value is -1.84. The fourth-order valence-electron chi connectivity index (χ4n) is 2.36. The minimum Gasteiger partial charge on any atom is -0.342 e. The molecule has 3 rings (SSSR count). The van der Waals surface area contributed by atoms with Gasteiger partial charge in [0.15, 0.2) is 0 Å². The average Bonchev–Trinajstić information content (AvgIpc) is 2.75. The number of carbonyl (C=O) groups is 1. The van der Waals surface area contributed by atoms with Gasteiger partial charge in [0.05, 0.1) is 11.0 Å². The van der Waals surface area contributed by atoms with Gasteiger partial charge in [0.25, 0.3) is 5.91 Å². The zero-order valence-electron chi connectivity index (χ0n) is 11.3. The van der Waals surface area contributed by atoms with Gasteiger partial charge in [-0.2, -0.15) is 0 Å². The number of unbranched alkanes of at least 4 members (excludes halogenated alkanes) is 1. The Morgan fingerprint density at radius 2 is 2.26 bits per heavy atom. The van der Waals surface area contributed by atoms with E-state index < -0.39 is 0 Å². The Morgan fingerprint density at radius 3 is 2.95 bits per heavy atom. The van der Waals surface area contributed by atoms with Crippen LogP contribution in [0.25, 0.3) is 11.0 Å². The molecule has 1 aliphatic rings. The quantitative estimate of drug-likeness (QED) is 0.915. The van der Waals surface area contributed by atoms with Crippen molar-refractivity contribution in [1.29, 1.82) is 0 Å². The van der Waals surface area contributed by atoms with Crippen molar-refractivity contribution in [3.05, 3.63) is 29.6 Å². The lowest BCUT2D eigenvalue weighted by Gasteiger charge is -2.30. The zero-order valence-corrected chi connectivity index (χ0v) is 11.3. The molecule has 0 radical (unpaired) electrons. The van der Waals surface area contributed by atoms with E-state index >= 15 is 0 Å². The third kappa shape index (κ3) is 2.35. The summed E-state index contributed by atoms with van der Waals surface area (Å²) in [6, 6.07) is 5.75. The molecule has 1 amide bonds. The minimum absolute atomic E-state index is 0.137. The van der Waals surface area contributed by atoms with Gasteiger partial charge >= 0.3 is 0 Å². The number of nitrogens with one attached hydrogen (secondary N) is 1. The van der Waals surface area contributed by atoms with E-state index in [0.717, 1.165) is 61.2 Å². The van der Waals surface area contributed by atoms with E-state index in [1.807, 2.05) is 23.1 Å². The van der Waals surface area contributed by atoms with Gasteiger partial charge in [-0.25, -0.2) is 4.98 Å². The van der Waals surface area contributed by atoms with Gasteiger partial charge in [-0.3, -0.25) is 4.79 Å². The second kappa shape index (κ2) is 5.03. The molecule has 19 heavy (non-hydrogen) atoms. The summed E-state index contributed by atoms with van der Waals surface area (Å²) in [5.74, 6) is 1.16. The van der Waals surface area contributed by atoms with Crippen molar-refractivity contribution in [2.75, 3.05) is 13.1 Å². The molecule has 2 aromatic rings. The molecule has 0 spiro atoms. The number of H-pyrrole nitrogens is 1. The second-order valence-electron chi connectivity index (χ2n) is 5.16. The number of aryl methyl sites for hydroxylation is 1. The Balaban J connectivity index is 1.85. The molecular weight excluding hydrogens is 238 g/mol. The van der Waals surface area contributed by atoms with Gasteiger partial charge in [-0.15, -0.1) is 0 Å². The van der Waals surface area contributed by atoms with E-state index in [0.29, 0.717) is 0 Å². The smallest absolute Gasteiger partial charge is 0.253 e. The van der Waals surface area contributed by atoms with Crippen molar-refractivity contribution < 1.29 is 4.79 Å². The first kappa shape index (κ1) is 12.2. The van der Waals surface area contributed by atoms with E-state index in [1.165, 1.54) is 0 Å². The number of aromatic nitrogens is 2. The molecule has 1 aliphatic heterocycles. The molecule has 0 atom stereocenters. The van der Waals surface area contributed by atoms with Gasteiger partial charge < -0.3 is 9.88 Å². The molecule has 1 saturated heterocycles. The van der Waals surface area contributed by atoms with E-state index in [9.17, 15) is 4.79 Å². The number of likely N-dealkylation sites (tertiary alicyclic amines) is 1. The predicted molar refractivity (Wildman–Crippen MR) is 75.2 cm³/mol. The molecule has 1 aromatic carbocycles. The Morgan fingerprint density at radius 1 is 1.42 bits per heavy atom. The monoisotopic (exact) mass is 257 g/mol. The molecular formula is C15H19N3O. The normalized spacial score (nSPS) is 14.7. The van der Waals surface area contributed by atoms with Gasteiger partial charge in [0.1, 0.15) is 5.82 Å². The highest BCUT2D eigenvalue weighted by atomic mass is 16.2. The summed E-state index contributed by atoms with van der Waals surface area (Å²) >= 11 is 0. The lowest BCUT2D eigenvalue weighted by molar-refractivity contribution is 0.0652. The lowest BCUT2D eigenvalue weighted by atomic mass is 10.1. The van der Waals surface area contributed by atoms with Crippen molar-refractivity contribution in [3.63, 3.8) is 0 Å². The van der Waals surface area contributed by atoms with Crippen LogP contribution in [-0.2, 0) is 6.42 Å². The maximum absolute atomic E-state index is 12.1. The SMILES string of the molecule is CCCCc1nc2ccc(C(=O)N3CCC3)cc2[nH]1. The number of benzene rings is 1. The van der Waals surface area contributed by atoms with Gasteiger partial charge in [-0.1, -0.05) is 13.3 Å². The van der Waals surface area contributed by atoms with Crippen molar-refractivity contribution in [1.82, 2.24) is 14.9 Å². The molecule has 1 fully saturated rings. The molecule has 4 heteroatoms. The number of imidazole rings is 1. The third-order valence-electron chi connectivity index (χ3n) is 3.69. The fourth-order valence-corrected chi connectivity index (χ4v) is 2.36. The lowest BCUT2D eigenvalue weighted by Crippen LogP contribution is -2.41. The van der Waals surface area contributed by atoms with Gasteiger partial charge in [-0.05, 0) is 31.0 Å². The number of hydrogen-bond acceptors (Lipinski definition) is 2. The molecule has 1 aromatic heterocycles. The van der Waals surface area contributed by atoms with Crippen molar-refractivity contribution in [3.8, 4) is 0 Å². The number of hydrogen-bond donors (Lipinski definition) is 1. The molecule has 4 nitrogen and oxygen atoms in total. The highest BCUT2D eigenvalue weighted by molar-refractivity contribution is 5.97. The second-order valence-corrected chi connectivity index (χ2v) is 5.16. The summed E-state index contributed by atoms with van der Waals surface area (Å²) in [6.07, 6.45) is 4.40. The van der Waals surface area contributed by atoms with E-state index in [1.54, 1.807) is 0 Å². The molecule has 2 heterocycles. The maximum atomic E-state index is 12.1. The van der Waals surface area contributed by atoms with Gasteiger partial charge in [0, 0.05) is 25.1 Å². The highest BCUT2D eigenvalue weighted by Gasteiger charge is 2.21. The third-order valence-corrected chi connectivity index (χ3v) is 3.69. The first-order valence-electron chi connectivity index (χ1n) is 7.06. The summed E-state index contributed by atoms with van der Waals surface area (Å²) in [5.41, 5.74) is 2.68. The van der Waals surface area contributed by atoms with E-state index in [2.05, 4.69) is 16.9 Å². The first-order valence-corrected chi connectivity index (χ1v) is 7.06.